The van der Waals surface area contributed by atoms with Crippen molar-refractivity contribution < 1.29 is 4.57 Å². The van der Waals surface area contributed by atoms with Crippen molar-refractivity contribution >= 4 is 0 Å². The molecule has 0 aliphatic rings. The Hall–Kier alpha value is -0.790. The highest BCUT2D eigenvalue weighted by atomic mass is 15.1. The maximum atomic E-state index is 2.64. The molecule has 1 aromatic rings. The van der Waals surface area contributed by atoms with Crippen LogP contribution in [-0.4, -0.2) is 4.57 Å². The maximum absolute atomic E-state index is 2.64. The summed E-state index contributed by atoms with van der Waals surface area (Å²) in [6.45, 7) is 9.41. The number of hydrogen-bond acceptors (Lipinski definition) is 0. The molecule has 1 aromatic heterocycles. The SMILES string of the molecule is CCCCCCCCCCCCCCCCCC[n+]1ccn(CCCCCCCCCC)c1CCCCCCCCCCC. The molecule has 0 fully saturated rings. The monoisotopic (exact) mass is 616 g/mol. The largest absolute Gasteiger partial charge is 0.256 e. The van der Waals surface area contributed by atoms with Crippen LogP contribution in [0.1, 0.15) is 238 Å². The van der Waals surface area contributed by atoms with Gasteiger partial charge in [-0.1, -0.05) is 201 Å². The molecule has 1 rings (SSSR count). The third-order valence-corrected chi connectivity index (χ3v) is 10.1. The molecule has 0 amide bonds. The standard InChI is InChI=1S/C42H83N2/c1-4-7-10-13-16-19-20-21-22-23-24-25-27-30-33-36-39-44-41-40-43(38-35-32-29-18-15-12-9-6-3)42(44)37-34-31-28-26-17-14-11-8-5-2/h40-41H,4-39H2,1-3H3/q+1. The van der Waals surface area contributed by atoms with Crippen molar-refractivity contribution in [3.8, 4) is 0 Å². The van der Waals surface area contributed by atoms with Crippen LogP contribution in [0.3, 0.4) is 0 Å². The second kappa shape index (κ2) is 33.6. The zero-order valence-corrected chi connectivity index (χ0v) is 31.0. The lowest BCUT2D eigenvalue weighted by molar-refractivity contribution is -0.704. The van der Waals surface area contributed by atoms with Gasteiger partial charge < -0.3 is 0 Å². The van der Waals surface area contributed by atoms with E-state index < -0.39 is 0 Å². The molecule has 1 heterocycles. The normalized spacial score (nSPS) is 11.6. The Morgan fingerprint density at radius 1 is 0.386 bits per heavy atom. The van der Waals surface area contributed by atoms with Crippen LogP contribution in [0.15, 0.2) is 12.4 Å². The van der Waals surface area contributed by atoms with E-state index >= 15 is 0 Å². The van der Waals surface area contributed by atoms with Gasteiger partial charge in [0.1, 0.15) is 12.4 Å². The van der Waals surface area contributed by atoms with Gasteiger partial charge >= 0.3 is 0 Å². The van der Waals surface area contributed by atoms with Crippen molar-refractivity contribution in [3.63, 3.8) is 0 Å². The van der Waals surface area contributed by atoms with E-state index in [2.05, 4.69) is 42.3 Å². The maximum Gasteiger partial charge on any atom is 0.256 e. The van der Waals surface area contributed by atoms with Crippen LogP contribution in [0.5, 0.6) is 0 Å². The summed E-state index contributed by atoms with van der Waals surface area (Å²) >= 11 is 0. The minimum atomic E-state index is 1.23. The Morgan fingerprint density at radius 2 is 0.705 bits per heavy atom. The molecular weight excluding hydrogens is 532 g/mol. The molecular formula is C42H83N2+. The number of rotatable bonds is 36. The van der Waals surface area contributed by atoms with Crippen molar-refractivity contribution in [2.75, 3.05) is 0 Å². The van der Waals surface area contributed by atoms with Crippen LogP contribution in [-0.2, 0) is 19.5 Å². The van der Waals surface area contributed by atoms with E-state index in [0.717, 1.165) is 0 Å². The van der Waals surface area contributed by atoms with E-state index in [1.807, 2.05) is 0 Å². The molecule has 0 aromatic carbocycles. The molecule has 0 saturated heterocycles. The first-order valence-corrected chi connectivity index (χ1v) is 20.9. The smallest absolute Gasteiger partial charge is 0.234 e. The van der Waals surface area contributed by atoms with Gasteiger partial charge in [0.25, 0.3) is 5.82 Å². The van der Waals surface area contributed by atoms with Crippen LogP contribution in [0.4, 0.5) is 0 Å². The summed E-state index contributed by atoms with van der Waals surface area (Å²) in [5, 5.41) is 0. The molecule has 0 unspecified atom stereocenters. The second-order valence-electron chi connectivity index (χ2n) is 14.5. The number of nitrogens with zero attached hydrogens (tertiary/aromatic N) is 2. The van der Waals surface area contributed by atoms with Gasteiger partial charge in [-0.05, 0) is 32.1 Å². The van der Waals surface area contributed by atoms with E-state index in [4.69, 9.17) is 0 Å². The lowest BCUT2D eigenvalue weighted by Crippen LogP contribution is -2.37. The van der Waals surface area contributed by atoms with E-state index in [1.165, 1.54) is 231 Å². The number of aromatic nitrogens is 2. The highest BCUT2D eigenvalue weighted by Crippen LogP contribution is 2.15. The first kappa shape index (κ1) is 41.2. The van der Waals surface area contributed by atoms with Crippen LogP contribution >= 0.6 is 0 Å². The van der Waals surface area contributed by atoms with E-state index in [9.17, 15) is 0 Å². The summed E-state index contributed by atoms with van der Waals surface area (Å²) < 4.78 is 5.27. The van der Waals surface area contributed by atoms with Crippen molar-refractivity contribution in [1.29, 1.82) is 0 Å². The zero-order valence-electron chi connectivity index (χ0n) is 31.0. The quantitative estimate of drug-likeness (QED) is 0.0524. The molecule has 0 N–H and O–H groups in total. The predicted octanol–water partition coefficient (Wildman–Crippen LogP) is 14.3. The summed E-state index contributed by atoms with van der Waals surface area (Å²) in [5.41, 5.74) is 0. The van der Waals surface area contributed by atoms with Gasteiger partial charge in [-0.2, -0.15) is 0 Å². The van der Waals surface area contributed by atoms with Crippen molar-refractivity contribution in [1.82, 2.24) is 4.57 Å². The Balaban J connectivity index is 2.23. The Labute approximate surface area is 279 Å². The molecule has 0 bridgehead atoms. The summed E-state index contributed by atoms with van der Waals surface area (Å²) in [6, 6.07) is 0. The first-order chi connectivity index (χ1) is 21.8. The molecule has 2 heteroatoms. The average Bonchev–Trinajstić information content (AvgIpc) is 3.42. The summed E-state index contributed by atoms with van der Waals surface area (Å²) in [5.74, 6) is 1.62. The van der Waals surface area contributed by atoms with Gasteiger partial charge in [-0.15, -0.1) is 0 Å². The van der Waals surface area contributed by atoms with Gasteiger partial charge in [-0.3, -0.25) is 0 Å². The Bertz CT molecular complexity index is 677. The number of aryl methyl sites for hydroxylation is 2. The van der Waals surface area contributed by atoms with E-state index in [0.29, 0.717) is 0 Å². The highest BCUT2D eigenvalue weighted by Gasteiger charge is 2.16. The molecule has 0 spiro atoms. The average molecular weight is 616 g/mol. The lowest BCUT2D eigenvalue weighted by Gasteiger charge is -2.07. The number of imidazole rings is 1. The summed E-state index contributed by atoms with van der Waals surface area (Å²) in [6.07, 6.45) is 53.4. The van der Waals surface area contributed by atoms with Crippen LogP contribution in [0.2, 0.25) is 0 Å². The molecule has 0 atom stereocenters. The molecule has 0 aliphatic heterocycles. The highest BCUT2D eigenvalue weighted by molar-refractivity contribution is 4.84. The predicted molar refractivity (Wildman–Crippen MR) is 198 cm³/mol. The third-order valence-electron chi connectivity index (χ3n) is 10.1. The summed E-state index contributed by atoms with van der Waals surface area (Å²) in [7, 11) is 0. The van der Waals surface area contributed by atoms with E-state index in [-0.39, 0.29) is 0 Å². The van der Waals surface area contributed by atoms with Gasteiger partial charge in [-0.25, -0.2) is 9.13 Å². The summed E-state index contributed by atoms with van der Waals surface area (Å²) in [4.78, 5) is 0. The molecule has 0 saturated carbocycles. The van der Waals surface area contributed by atoms with Crippen LogP contribution in [0.25, 0.3) is 0 Å². The first-order valence-electron chi connectivity index (χ1n) is 20.9. The third kappa shape index (κ3) is 25.4. The fraction of sp³-hybridized carbons (Fsp3) is 0.929. The minimum absolute atomic E-state index is 1.23. The molecule has 0 aliphatic carbocycles. The van der Waals surface area contributed by atoms with Gasteiger partial charge in [0.15, 0.2) is 0 Å². The Kier molecular flexibility index (Phi) is 31.5. The van der Waals surface area contributed by atoms with Crippen LogP contribution < -0.4 is 4.57 Å². The molecule has 260 valence electrons. The Morgan fingerprint density at radius 3 is 1.09 bits per heavy atom. The lowest BCUT2D eigenvalue weighted by atomic mass is 10.0. The number of hydrogen-bond donors (Lipinski definition) is 0. The van der Waals surface area contributed by atoms with Crippen molar-refractivity contribution in [2.45, 2.75) is 252 Å². The van der Waals surface area contributed by atoms with Crippen molar-refractivity contribution in [3.05, 3.63) is 18.2 Å². The van der Waals surface area contributed by atoms with Crippen molar-refractivity contribution in [2.24, 2.45) is 0 Å². The fourth-order valence-corrected chi connectivity index (χ4v) is 7.03. The zero-order chi connectivity index (χ0) is 31.6. The molecule has 0 radical (unpaired) electrons. The minimum Gasteiger partial charge on any atom is -0.234 e. The topological polar surface area (TPSA) is 8.81 Å². The fourth-order valence-electron chi connectivity index (χ4n) is 7.03. The number of unbranched alkanes of at least 4 members (excludes halogenated alkanes) is 30. The molecule has 44 heavy (non-hydrogen) atoms. The van der Waals surface area contributed by atoms with Gasteiger partial charge in [0.05, 0.1) is 13.1 Å². The van der Waals surface area contributed by atoms with Gasteiger partial charge in [0.2, 0.25) is 0 Å². The van der Waals surface area contributed by atoms with E-state index in [1.54, 1.807) is 5.82 Å². The second-order valence-corrected chi connectivity index (χ2v) is 14.5. The van der Waals surface area contributed by atoms with Crippen LogP contribution in [0, 0.1) is 0 Å². The van der Waals surface area contributed by atoms with Gasteiger partial charge in [0, 0.05) is 6.42 Å². The molecule has 2 nitrogen and oxygen atoms in total.